The van der Waals surface area contributed by atoms with Crippen molar-refractivity contribution >= 4 is 17.4 Å². The van der Waals surface area contributed by atoms with Crippen molar-refractivity contribution in [3.8, 4) is 22.4 Å². The molecule has 30 heavy (non-hydrogen) atoms. The van der Waals surface area contributed by atoms with E-state index in [1.165, 1.54) is 24.5 Å². The molecule has 0 radical (unpaired) electrons. The lowest BCUT2D eigenvalue weighted by molar-refractivity contribution is 0.0987. The summed E-state index contributed by atoms with van der Waals surface area (Å²) in [4.78, 5) is 20.9. The van der Waals surface area contributed by atoms with Crippen molar-refractivity contribution in [1.82, 2.24) is 19.7 Å². The molecule has 2 aromatic heterocycles. The van der Waals surface area contributed by atoms with Crippen LogP contribution in [0.25, 0.3) is 22.4 Å². The summed E-state index contributed by atoms with van der Waals surface area (Å²) in [6.07, 6.45) is 6.37. The Kier molecular flexibility index (Phi) is 5.37. The van der Waals surface area contributed by atoms with Crippen LogP contribution in [0.3, 0.4) is 0 Å². The molecule has 2 aromatic carbocycles. The topological polar surface area (TPSA) is 60.7 Å². The molecule has 0 amide bonds. The first-order chi connectivity index (χ1) is 14.4. The Hall–Kier alpha value is -3.45. The summed E-state index contributed by atoms with van der Waals surface area (Å²) >= 11 is 6.34. The number of ketones is 1. The number of hydrogen-bond donors (Lipinski definition) is 0. The quantitative estimate of drug-likeness (QED) is 0.427. The van der Waals surface area contributed by atoms with Gasteiger partial charge < -0.3 is 0 Å². The van der Waals surface area contributed by atoms with Crippen LogP contribution >= 0.6 is 11.6 Å². The van der Waals surface area contributed by atoms with Crippen LogP contribution in [0.1, 0.15) is 16.1 Å². The van der Waals surface area contributed by atoms with Crippen LogP contribution in [0, 0.1) is 11.6 Å². The van der Waals surface area contributed by atoms with Crippen LogP contribution in [-0.4, -0.2) is 25.5 Å². The molecular formula is C22H15ClF2N4O. The lowest BCUT2D eigenvalue weighted by atomic mass is 10.0. The predicted molar refractivity (Wildman–Crippen MR) is 109 cm³/mol. The molecule has 0 aliphatic carbocycles. The molecule has 0 saturated heterocycles. The summed E-state index contributed by atoms with van der Waals surface area (Å²) in [6, 6.07) is 9.03. The zero-order valence-corrected chi connectivity index (χ0v) is 16.6. The molecule has 150 valence electrons. The van der Waals surface area contributed by atoms with Gasteiger partial charge in [0.25, 0.3) is 0 Å². The van der Waals surface area contributed by atoms with Crippen molar-refractivity contribution in [2.24, 2.45) is 7.05 Å². The number of aromatic nitrogens is 4. The van der Waals surface area contributed by atoms with Gasteiger partial charge in [0.15, 0.2) is 17.4 Å². The molecule has 0 N–H and O–H groups in total. The van der Waals surface area contributed by atoms with Crippen molar-refractivity contribution in [3.05, 3.63) is 89.1 Å². The average Bonchev–Trinajstić information content (AvgIpc) is 3.17. The van der Waals surface area contributed by atoms with Gasteiger partial charge in [-0.15, -0.1) is 0 Å². The molecule has 0 aliphatic heterocycles. The van der Waals surface area contributed by atoms with Gasteiger partial charge in [-0.3, -0.25) is 19.4 Å². The fourth-order valence-electron chi connectivity index (χ4n) is 3.04. The summed E-state index contributed by atoms with van der Waals surface area (Å²) in [5.41, 5.74) is 3.09. The van der Waals surface area contributed by atoms with Crippen LogP contribution in [0.2, 0.25) is 5.02 Å². The third-order valence-corrected chi connectivity index (χ3v) is 4.91. The first kappa shape index (κ1) is 19.8. The summed E-state index contributed by atoms with van der Waals surface area (Å²) in [6.45, 7) is 0. The molecule has 0 unspecified atom stereocenters. The first-order valence-electron chi connectivity index (χ1n) is 8.99. The van der Waals surface area contributed by atoms with Crippen molar-refractivity contribution in [2.45, 2.75) is 6.42 Å². The van der Waals surface area contributed by atoms with Crippen molar-refractivity contribution in [1.29, 1.82) is 0 Å². The van der Waals surface area contributed by atoms with E-state index in [0.29, 0.717) is 22.0 Å². The number of benzene rings is 2. The highest BCUT2D eigenvalue weighted by Gasteiger charge is 2.16. The fraction of sp³-hybridized carbons (Fsp3) is 0.0909. The lowest BCUT2D eigenvalue weighted by Gasteiger charge is -2.07. The molecule has 0 saturated carbocycles. The Labute approximate surface area is 176 Å². The largest absolute Gasteiger partial charge is 0.294 e. The molecule has 0 spiro atoms. The second kappa shape index (κ2) is 8.12. The number of Topliss-reactive ketones (excluding diaryl/α,β-unsaturated/α-hetero) is 1. The molecule has 2 heterocycles. The third-order valence-electron chi connectivity index (χ3n) is 4.58. The number of nitrogens with zero attached hydrogens (tertiary/aromatic N) is 4. The van der Waals surface area contributed by atoms with E-state index in [0.717, 1.165) is 17.2 Å². The summed E-state index contributed by atoms with van der Waals surface area (Å²) < 4.78 is 28.9. The smallest absolute Gasteiger partial charge is 0.171 e. The predicted octanol–water partition coefficient (Wildman–Crippen LogP) is 4.90. The molecule has 0 aliphatic rings. The molecule has 4 rings (SSSR count). The van der Waals surface area contributed by atoms with Gasteiger partial charge in [0.1, 0.15) is 0 Å². The Bertz CT molecular complexity index is 1240. The van der Waals surface area contributed by atoms with Gasteiger partial charge in [0, 0.05) is 30.6 Å². The van der Waals surface area contributed by atoms with Crippen molar-refractivity contribution < 1.29 is 13.6 Å². The Balaban J connectivity index is 1.58. The Morgan fingerprint density at radius 1 is 1.07 bits per heavy atom. The molecule has 0 atom stereocenters. The minimum atomic E-state index is -1.16. The van der Waals surface area contributed by atoms with E-state index in [2.05, 4.69) is 15.1 Å². The number of aryl methyl sites for hydroxylation is 1. The zero-order chi connectivity index (χ0) is 21.3. The van der Waals surface area contributed by atoms with Crippen LogP contribution < -0.4 is 0 Å². The lowest BCUT2D eigenvalue weighted by Crippen LogP contribution is -2.09. The van der Waals surface area contributed by atoms with Crippen molar-refractivity contribution in [2.75, 3.05) is 0 Å². The van der Waals surface area contributed by atoms with Gasteiger partial charge in [-0.25, -0.2) is 8.78 Å². The maximum atomic E-state index is 13.8. The molecule has 5 nitrogen and oxygen atoms in total. The number of rotatable bonds is 5. The van der Waals surface area contributed by atoms with Crippen LogP contribution in [0.5, 0.6) is 0 Å². The summed E-state index contributed by atoms with van der Waals surface area (Å²) in [5, 5.41) is 4.67. The summed E-state index contributed by atoms with van der Waals surface area (Å²) in [7, 11) is 1.83. The van der Waals surface area contributed by atoms with E-state index in [9.17, 15) is 13.6 Å². The van der Waals surface area contributed by atoms with Crippen LogP contribution in [0.15, 0.2) is 61.2 Å². The monoisotopic (exact) mass is 424 g/mol. The number of hydrogen-bond acceptors (Lipinski definition) is 4. The second-order valence-corrected chi connectivity index (χ2v) is 7.10. The van der Waals surface area contributed by atoms with E-state index in [-0.39, 0.29) is 12.0 Å². The van der Waals surface area contributed by atoms with E-state index in [1.807, 2.05) is 25.4 Å². The second-order valence-electron chi connectivity index (χ2n) is 6.69. The molecule has 4 aromatic rings. The van der Waals surface area contributed by atoms with Crippen LogP contribution in [0.4, 0.5) is 8.78 Å². The summed E-state index contributed by atoms with van der Waals surface area (Å²) in [5.74, 6) is -2.80. The molecular weight excluding hydrogens is 410 g/mol. The normalized spacial score (nSPS) is 10.9. The maximum absolute atomic E-state index is 13.8. The van der Waals surface area contributed by atoms with Gasteiger partial charge in [-0.1, -0.05) is 23.7 Å². The Morgan fingerprint density at radius 2 is 1.90 bits per heavy atom. The van der Waals surface area contributed by atoms with E-state index < -0.39 is 17.4 Å². The van der Waals surface area contributed by atoms with Crippen LogP contribution in [-0.2, 0) is 13.5 Å². The maximum Gasteiger partial charge on any atom is 0.171 e. The highest BCUT2D eigenvalue weighted by atomic mass is 35.5. The number of carbonyl (C=O) groups is 1. The molecule has 0 bridgehead atoms. The van der Waals surface area contributed by atoms with Gasteiger partial charge >= 0.3 is 0 Å². The first-order valence-corrected chi connectivity index (χ1v) is 9.37. The van der Waals surface area contributed by atoms with Crippen molar-refractivity contribution in [3.63, 3.8) is 0 Å². The highest BCUT2D eigenvalue weighted by Crippen LogP contribution is 2.31. The standard InChI is InChI=1S/C22H15ClF2N4O/c1-29-12-14(9-28-29)13-5-6-18(23)17(7-13)20-11-26-15(10-27-20)8-21(30)16-3-2-4-19(24)22(16)25/h2-7,9-12H,8H2,1H3. The SMILES string of the molecule is Cn1cc(-c2ccc(Cl)c(-c3cnc(CC(=O)c4cccc(F)c4F)cn3)c2)cn1. The highest BCUT2D eigenvalue weighted by molar-refractivity contribution is 6.33. The average molecular weight is 425 g/mol. The zero-order valence-electron chi connectivity index (χ0n) is 15.8. The van der Waals surface area contributed by atoms with E-state index in [1.54, 1.807) is 16.9 Å². The fourth-order valence-corrected chi connectivity index (χ4v) is 3.25. The van der Waals surface area contributed by atoms with E-state index in [4.69, 9.17) is 11.6 Å². The minimum Gasteiger partial charge on any atom is -0.294 e. The van der Waals surface area contributed by atoms with Gasteiger partial charge in [0.2, 0.25) is 0 Å². The van der Waals surface area contributed by atoms with Gasteiger partial charge in [-0.2, -0.15) is 5.10 Å². The minimum absolute atomic E-state index is 0.197. The molecule has 0 fully saturated rings. The van der Waals surface area contributed by atoms with E-state index >= 15 is 0 Å². The Morgan fingerprint density at radius 3 is 2.60 bits per heavy atom. The number of carbonyl (C=O) groups excluding carboxylic acids is 1. The third kappa shape index (κ3) is 3.97. The molecule has 8 heteroatoms. The van der Waals surface area contributed by atoms with Gasteiger partial charge in [0.05, 0.1) is 40.8 Å². The number of halogens is 3. The van der Waals surface area contributed by atoms with Gasteiger partial charge in [-0.05, 0) is 29.8 Å².